The Balaban J connectivity index is 2.43. The van der Waals surface area contributed by atoms with Crippen LogP contribution in [0.3, 0.4) is 0 Å². The molecule has 1 N–H and O–H groups in total. The Hall–Kier alpha value is -0.710. The van der Waals surface area contributed by atoms with Crippen molar-refractivity contribution in [2.75, 3.05) is 19.3 Å². The van der Waals surface area contributed by atoms with Gasteiger partial charge < -0.3 is 10.0 Å². The summed E-state index contributed by atoms with van der Waals surface area (Å²) in [4.78, 5) is 3.08. The number of nitrogens with zero attached hydrogens (tertiary/aromatic N) is 1. The van der Waals surface area contributed by atoms with Crippen LogP contribution in [-0.2, 0) is 24.0 Å². The molecule has 2 rings (SSSR count). The monoisotopic (exact) mass is 225 g/mol. The molecular weight excluding hydrogens is 210 g/mol. The van der Waals surface area contributed by atoms with Gasteiger partial charge in [0.05, 0.1) is 17.4 Å². The van der Waals surface area contributed by atoms with Crippen molar-refractivity contribution in [1.82, 2.24) is 4.90 Å². The van der Waals surface area contributed by atoms with Gasteiger partial charge in [0.1, 0.15) is 0 Å². The van der Waals surface area contributed by atoms with E-state index in [1.165, 1.54) is 0 Å². The predicted octanol–water partition coefficient (Wildman–Crippen LogP) is 0.732. The number of rotatable bonds is 1. The molecule has 0 fully saturated rings. The molecule has 0 aliphatic carbocycles. The van der Waals surface area contributed by atoms with Crippen molar-refractivity contribution in [3.8, 4) is 0 Å². The molecule has 1 unspecified atom stereocenters. The van der Waals surface area contributed by atoms with E-state index < -0.39 is 10.8 Å². The highest BCUT2D eigenvalue weighted by atomic mass is 32.2. The Kier molecular flexibility index (Phi) is 3.19. The number of fused-ring (bicyclic) bond motifs is 1. The highest BCUT2D eigenvalue weighted by Gasteiger charge is 2.16. The molecule has 1 aliphatic heterocycles. The van der Waals surface area contributed by atoms with Crippen molar-refractivity contribution in [3.05, 3.63) is 29.3 Å². The second kappa shape index (κ2) is 4.43. The quantitative estimate of drug-likeness (QED) is 0.766. The highest BCUT2D eigenvalue weighted by molar-refractivity contribution is 7.85. The third kappa shape index (κ3) is 2.27. The second-order valence-corrected chi connectivity index (χ2v) is 5.43. The lowest BCUT2D eigenvalue weighted by Gasteiger charge is -2.12. The van der Waals surface area contributed by atoms with Crippen LogP contribution in [0.4, 0.5) is 0 Å². The maximum atomic E-state index is 11.9. The molecule has 0 spiro atoms. The normalized spacial score (nSPS) is 22.1. The van der Waals surface area contributed by atoms with Crippen molar-refractivity contribution in [2.24, 2.45) is 0 Å². The van der Waals surface area contributed by atoms with Gasteiger partial charge in [-0.2, -0.15) is 0 Å². The molecule has 1 aromatic rings. The van der Waals surface area contributed by atoms with Crippen molar-refractivity contribution in [2.45, 2.75) is 18.0 Å². The topological polar surface area (TPSA) is 40.5 Å². The molecule has 0 aromatic heterocycles. The van der Waals surface area contributed by atoms with E-state index in [9.17, 15) is 4.21 Å². The molecule has 3 nitrogen and oxygen atoms in total. The van der Waals surface area contributed by atoms with Gasteiger partial charge in [-0.3, -0.25) is 4.21 Å². The number of benzene rings is 1. The van der Waals surface area contributed by atoms with E-state index in [0.717, 1.165) is 29.1 Å². The van der Waals surface area contributed by atoms with Gasteiger partial charge in [0.15, 0.2) is 0 Å². The summed E-state index contributed by atoms with van der Waals surface area (Å²) >= 11 is 0. The summed E-state index contributed by atoms with van der Waals surface area (Å²) in [6.45, 7) is 1.72. The van der Waals surface area contributed by atoms with Gasteiger partial charge in [-0.1, -0.05) is 12.1 Å². The zero-order valence-electron chi connectivity index (χ0n) is 8.77. The van der Waals surface area contributed by atoms with Gasteiger partial charge >= 0.3 is 0 Å². The molecule has 4 heteroatoms. The molecule has 0 saturated carbocycles. The van der Waals surface area contributed by atoms with Crippen LogP contribution < -0.4 is 0 Å². The van der Waals surface area contributed by atoms with Crippen LogP contribution in [0, 0.1) is 0 Å². The Bertz CT molecular complexity index is 392. The first-order valence-electron chi connectivity index (χ1n) is 5.00. The lowest BCUT2D eigenvalue weighted by molar-refractivity contribution is 0.281. The molecule has 0 bridgehead atoms. The molecule has 15 heavy (non-hydrogen) atoms. The fourth-order valence-corrected chi connectivity index (χ4v) is 3.13. The van der Waals surface area contributed by atoms with E-state index in [4.69, 9.17) is 5.11 Å². The summed E-state index contributed by atoms with van der Waals surface area (Å²) in [5, 5.41) is 9.05. The van der Waals surface area contributed by atoms with Crippen molar-refractivity contribution in [3.63, 3.8) is 0 Å². The minimum Gasteiger partial charge on any atom is -0.392 e. The van der Waals surface area contributed by atoms with Gasteiger partial charge in [-0.05, 0) is 24.2 Å². The largest absolute Gasteiger partial charge is 0.392 e. The third-order valence-corrected chi connectivity index (χ3v) is 4.09. The fourth-order valence-electron chi connectivity index (χ4n) is 1.80. The van der Waals surface area contributed by atoms with E-state index in [-0.39, 0.29) is 6.61 Å². The van der Waals surface area contributed by atoms with Gasteiger partial charge in [0.25, 0.3) is 0 Å². The predicted molar refractivity (Wildman–Crippen MR) is 60.0 cm³/mol. The molecule has 0 amide bonds. The van der Waals surface area contributed by atoms with Crippen LogP contribution in [0.25, 0.3) is 0 Å². The lowest BCUT2D eigenvalue weighted by Crippen LogP contribution is -2.19. The van der Waals surface area contributed by atoms with E-state index >= 15 is 0 Å². The maximum absolute atomic E-state index is 11.9. The van der Waals surface area contributed by atoms with E-state index in [1.807, 2.05) is 25.2 Å². The fraction of sp³-hybridized carbons (Fsp3) is 0.455. The SMILES string of the molecule is CN1CCS(=O)c2ccc(CO)cc2C1. The Morgan fingerprint density at radius 2 is 2.33 bits per heavy atom. The number of hydrogen-bond acceptors (Lipinski definition) is 3. The summed E-state index contributed by atoms with van der Waals surface area (Å²) in [5.74, 6) is 0.696. The van der Waals surface area contributed by atoms with Gasteiger partial charge in [0, 0.05) is 23.7 Å². The molecule has 0 radical (unpaired) electrons. The first kappa shape index (κ1) is 10.8. The van der Waals surface area contributed by atoms with E-state index in [2.05, 4.69) is 4.90 Å². The Morgan fingerprint density at radius 3 is 3.07 bits per heavy atom. The molecule has 1 atom stereocenters. The standard InChI is InChI=1S/C11H15NO2S/c1-12-4-5-15(14)11-3-2-9(8-13)6-10(11)7-12/h2-3,6,13H,4-5,7-8H2,1H3. The molecule has 1 aliphatic rings. The van der Waals surface area contributed by atoms with Crippen molar-refractivity contribution in [1.29, 1.82) is 0 Å². The number of aliphatic hydroxyl groups excluding tert-OH is 1. The zero-order chi connectivity index (χ0) is 10.8. The van der Waals surface area contributed by atoms with Crippen LogP contribution in [0.1, 0.15) is 11.1 Å². The van der Waals surface area contributed by atoms with E-state index in [1.54, 1.807) is 0 Å². The molecule has 0 saturated heterocycles. The van der Waals surface area contributed by atoms with Crippen LogP contribution in [0.5, 0.6) is 0 Å². The number of aliphatic hydroxyl groups is 1. The smallest absolute Gasteiger partial charge is 0.0681 e. The van der Waals surface area contributed by atoms with Crippen LogP contribution in [0.15, 0.2) is 23.1 Å². The first-order chi connectivity index (χ1) is 7.20. The molecule has 1 heterocycles. The summed E-state index contributed by atoms with van der Waals surface area (Å²) in [7, 11) is 1.14. The molecule has 1 aromatic carbocycles. The minimum atomic E-state index is -0.887. The Morgan fingerprint density at radius 1 is 1.53 bits per heavy atom. The van der Waals surface area contributed by atoms with Crippen molar-refractivity contribution >= 4 is 10.8 Å². The van der Waals surface area contributed by atoms with Gasteiger partial charge in [-0.15, -0.1) is 0 Å². The highest BCUT2D eigenvalue weighted by Crippen LogP contribution is 2.20. The Labute approximate surface area is 92.2 Å². The summed E-state index contributed by atoms with van der Waals surface area (Å²) in [6.07, 6.45) is 0. The average molecular weight is 225 g/mol. The van der Waals surface area contributed by atoms with Crippen LogP contribution >= 0.6 is 0 Å². The second-order valence-electron chi connectivity index (χ2n) is 3.89. The summed E-state index contributed by atoms with van der Waals surface area (Å²) in [5.41, 5.74) is 1.97. The van der Waals surface area contributed by atoms with Crippen LogP contribution in [0.2, 0.25) is 0 Å². The third-order valence-electron chi connectivity index (χ3n) is 2.65. The van der Waals surface area contributed by atoms with Crippen molar-refractivity contribution < 1.29 is 9.32 Å². The van der Waals surface area contributed by atoms with E-state index in [0.29, 0.717) is 5.75 Å². The van der Waals surface area contributed by atoms with Gasteiger partial charge in [-0.25, -0.2) is 0 Å². The average Bonchev–Trinajstić information content (AvgIpc) is 2.38. The van der Waals surface area contributed by atoms with Crippen LogP contribution in [-0.4, -0.2) is 33.6 Å². The van der Waals surface area contributed by atoms with Gasteiger partial charge in [0.2, 0.25) is 0 Å². The summed E-state index contributed by atoms with van der Waals surface area (Å²) in [6, 6.07) is 5.69. The minimum absolute atomic E-state index is 0.0453. The first-order valence-corrected chi connectivity index (χ1v) is 6.32. The maximum Gasteiger partial charge on any atom is 0.0681 e. The molecular formula is C11H15NO2S. The molecule has 82 valence electrons. The zero-order valence-corrected chi connectivity index (χ0v) is 9.59. The summed E-state index contributed by atoms with van der Waals surface area (Å²) < 4.78 is 11.9. The number of hydrogen-bond donors (Lipinski definition) is 1. The lowest BCUT2D eigenvalue weighted by atomic mass is 10.1.